The van der Waals surface area contributed by atoms with E-state index in [0.717, 1.165) is 0 Å². The lowest BCUT2D eigenvalue weighted by Gasteiger charge is -2.34. The van der Waals surface area contributed by atoms with E-state index in [1.54, 1.807) is 20.8 Å². The molecule has 27 heavy (non-hydrogen) atoms. The highest BCUT2D eigenvalue weighted by molar-refractivity contribution is 5.87. The number of imidazole rings is 1. The molecule has 152 valence electrons. The molecule has 0 fully saturated rings. The van der Waals surface area contributed by atoms with Crippen LogP contribution in [0, 0.1) is 15.5 Å². The molecule has 0 radical (unpaired) electrons. The molecule has 0 saturated carbocycles. The Bertz CT molecular complexity index is 706. The molecule has 0 unspecified atom stereocenters. The van der Waals surface area contributed by atoms with Crippen molar-refractivity contribution in [3.05, 3.63) is 22.5 Å². The van der Waals surface area contributed by atoms with Crippen molar-refractivity contribution in [3.63, 3.8) is 0 Å². The molecule has 9 heteroatoms. The molecule has 0 amide bonds. The van der Waals surface area contributed by atoms with Crippen LogP contribution in [0.25, 0.3) is 0 Å². The molecule has 1 aromatic heterocycles. The second-order valence-corrected chi connectivity index (χ2v) is 8.71. The number of aromatic nitrogens is 2. The van der Waals surface area contributed by atoms with Crippen LogP contribution in [-0.4, -0.2) is 50.2 Å². The fourth-order valence-corrected chi connectivity index (χ4v) is 2.16. The van der Waals surface area contributed by atoms with Crippen LogP contribution in [0.4, 0.5) is 5.95 Å². The Labute approximate surface area is 160 Å². The Hall–Kier alpha value is -2.13. The molecule has 0 bridgehead atoms. The quantitative estimate of drug-likeness (QED) is 0.442. The van der Waals surface area contributed by atoms with E-state index < -0.39 is 16.0 Å². The van der Waals surface area contributed by atoms with E-state index in [0.29, 0.717) is 13.1 Å². The van der Waals surface area contributed by atoms with Crippen LogP contribution in [0.2, 0.25) is 0 Å². The minimum Gasteiger partial charge on any atom is -0.390 e. The van der Waals surface area contributed by atoms with E-state index in [9.17, 15) is 19.7 Å². The highest BCUT2D eigenvalue weighted by Gasteiger charge is 2.33. The summed E-state index contributed by atoms with van der Waals surface area (Å²) in [6, 6.07) is 0. The van der Waals surface area contributed by atoms with E-state index in [4.69, 9.17) is 0 Å². The van der Waals surface area contributed by atoms with Crippen molar-refractivity contribution in [3.8, 4) is 0 Å². The van der Waals surface area contributed by atoms with Gasteiger partial charge in [0.25, 0.3) is 0 Å². The van der Waals surface area contributed by atoms with Crippen LogP contribution in [-0.2, 0) is 16.1 Å². The number of nitrogens with zero attached hydrogens (tertiary/aromatic N) is 3. The molecule has 2 N–H and O–H groups in total. The predicted molar refractivity (Wildman–Crippen MR) is 103 cm³/mol. The van der Waals surface area contributed by atoms with E-state index in [1.165, 1.54) is 17.0 Å². The Kier molecular flexibility index (Phi) is 7.01. The first-order valence-electron chi connectivity index (χ1n) is 8.88. The van der Waals surface area contributed by atoms with Gasteiger partial charge in [0.1, 0.15) is 24.7 Å². The fraction of sp³-hybridized carbons (Fsp3) is 0.722. The van der Waals surface area contributed by atoms with Crippen LogP contribution >= 0.6 is 0 Å². The van der Waals surface area contributed by atoms with Crippen molar-refractivity contribution in [1.82, 2.24) is 20.2 Å². The summed E-state index contributed by atoms with van der Waals surface area (Å²) in [6.07, 6.45) is 2.72. The normalized spacial score (nSPS) is 12.9. The number of carbonyl (C=O) groups is 2. The van der Waals surface area contributed by atoms with Gasteiger partial charge < -0.3 is 20.7 Å². The number of rotatable bonds is 11. The van der Waals surface area contributed by atoms with Crippen LogP contribution in [0.5, 0.6) is 0 Å². The Balaban J connectivity index is 2.67. The predicted octanol–water partition coefficient (Wildman–Crippen LogP) is 1.71. The van der Waals surface area contributed by atoms with Crippen molar-refractivity contribution in [1.29, 1.82) is 0 Å². The van der Waals surface area contributed by atoms with Gasteiger partial charge in [-0.1, -0.05) is 18.8 Å². The minimum absolute atomic E-state index is 0.0590. The molecule has 1 heterocycles. The number of nitro groups is 1. The SMILES string of the molecule is CC(=O)C(C)(C)NCC(C)(C)CNC(C)(C)C(=O)Cn1ccnc1[N+](=O)[O-]. The van der Waals surface area contributed by atoms with E-state index in [2.05, 4.69) is 15.6 Å². The maximum Gasteiger partial charge on any atom is 0.434 e. The van der Waals surface area contributed by atoms with Crippen molar-refractivity contribution in [2.45, 2.75) is 66.1 Å². The van der Waals surface area contributed by atoms with Gasteiger partial charge in [-0.3, -0.25) is 9.59 Å². The van der Waals surface area contributed by atoms with Gasteiger partial charge in [-0.15, -0.1) is 0 Å². The van der Waals surface area contributed by atoms with Gasteiger partial charge in [0.05, 0.1) is 11.1 Å². The van der Waals surface area contributed by atoms with Gasteiger partial charge in [-0.25, -0.2) is 4.57 Å². The third kappa shape index (κ3) is 6.51. The molecule has 9 nitrogen and oxygen atoms in total. The number of carbonyl (C=O) groups excluding carboxylic acids is 2. The second-order valence-electron chi connectivity index (χ2n) is 8.71. The third-order valence-electron chi connectivity index (χ3n) is 4.77. The van der Waals surface area contributed by atoms with Crippen molar-refractivity contribution < 1.29 is 14.5 Å². The van der Waals surface area contributed by atoms with Gasteiger partial charge in [0, 0.05) is 13.1 Å². The summed E-state index contributed by atoms with van der Waals surface area (Å²) in [5, 5.41) is 17.4. The molecular formula is C18H31N5O4. The van der Waals surface area contributed by atoms with Crippen LogP contribution < -0.4 is 10.6 Å². The number of Topliss-reactive ketones (excluding diaryl/α,β-unsaturated/α-hetero) is 2. The Morgan fingerprint density at radius 3 is 2.11 bits per heavy atom. The van der Waals surface area contributed by atoms with Gasteiger partial charge >= 0.3 is 5.95 Å². The van der Waals surface area contributed by atoms with E-state index >= 15 is 0 Å². The summed E-state index contributed by atoms with van der Waals surface area (Å²) in [6.45, 7) is 13.8. The monoisotopic (exact) mass is 381 g/mol. The number of nitrogens with one attached hydrogen (secondary N) is 2. The lowest BCUT2D eigenvalue weighted by atomic mass is 9.88. The molecule has 0 aliphatic heterocycles. The largest absolute Gasteiger partial charge is 0.434 e. The Morgan fingerprint density at radius 2 is 1.63 bits per heavy atom. The van der Waals surface area contributed by atoms with Crippen molar-refractivity contribution >= 4 is 17.5 Å². The summed E-state index contributed by atoms with van der Waals surface area (Å²) < 4.78 is 1.23. The van der Waals surface area contributed by atoms with Crippen LogP contribution in [0.3, 0.4) is 0 Å². The highest BCUT2D eigenvalue weighted by atomic mass is 16.6. The summed E-state index contributed by atoms with van der Waals surface area (Å²) in [5.74, 6) is -0.477. The minimum atomic E-state index is -0.870. The van der Waals surface area contributed by atoms with E-state index in [-0.39, 0.29) is 29.5 Å². The average Bonchev–Trinajstić information content (AvgIpc) is 3.00. The zero-order valence-corrected chi connectivity index (χ0v) is 17.3. The zero-order valence-electron chi connectivity index (χ0n) is 17.3. The summed E-state index contributed by atoms with van der Waals surface area (Å²) in [5.41, 5.74) is -1.69. The summed E-state index contributed by atoms with van der Waals surface area (Å²) >= 11 is 0. The molecule has 0 aliphatic rings. The first-order valence-corrected chi connectivity index (χ1v) is 8.88. The topological polar surface area (TPSA) is 119 Å². The lowest BCUT2D eigenvalue weighted by Crippen LogP contribution is -2.55. The molecule has 1 rings (SSSR count). The lowest BCUT2D eigenvalue weighted by molar-refractivity contribution is -0.396. The number of hydrogen-bond donors (Lipinski definition) is 2. The molecule has 0 aliphatic carbocycles. The summed E-state index contributed by atoms with van der Waals surface area (Å²) in [7, 11) is 0. The molecule has 0 aromatic carbocycles. The molecular weight excluding hydrogens is 350 g/mol. The standard InChI is InChI=1S/C18H31N5O4/c1-13(24)17(4,5)20-11-16(2,3)12-21-18(6,7)14(25)10-22-9-8-19-15(22)23(26)27/h8-9,20-21H,10-12H2,1-7H3. The maximum atomic E-state index is 12.6. The van der Waals surface area contributed by atoms with E-state index in [1.807, 2.05) is 27.7 Å². The second kappa shape index (κ2) is 8.26. The zero-order chi connectivity index (χ0) is 21.0. The highest BCUT2D eigenvalue weighted by Crippen LogP contribution is 2.18. The first-order chi connectivity index (χ1) is 12.2. The molecule has 0 spiro atoms. The van der Waals surface area contributed by atoms with Gasteiger partial charge in [0.2, 0.25) is 0 Å². The van der Waals surface area contributed by atoms with Crippen LogP contribution in [0.15, 0.2) is 12.4 Å². The number of hydrogen-bond acceptors (Lipinski definition) is 7. The third-order valence-corrected chi connectivity index (χ3v) is 4.77. The fourth-order valence-electron chi connectivity index (χ4n) is 2.16. The van der Waals surface area contributed by atoms with Crippen molar-refractivity contribution in [2.75, 3.05) is 13.1 Å². The summed E-state index contributed by atoms with van der Waals surface area (Å²) in [4.78, 5) is 38.3. The van der Waals surface area contributed by atoms with Gasteiger partial charge in [-0.2, -0.15) is 0 Å². The van der Waals surface area contributed by atoms with Crippen molar-refractivity contribution in [2.24, 2.45) is 5.41 Å². The molecule has 0 saturated heterocycles. The number of ketones is 2. The maximum absolute atomic E-state index is 12.6. The smallest absolute Gasteiger partial charge is 0.390 e. The van der Waals surface area contributed by atoms with Crippen LogP contribution in [0.1, 0.15) is 48.5 Å². The first kappa shape index (κ1) is 22.9. The van der Waals surface area contributed by atoms with Gasteiger partial charge in [0.15, 0.2) is 5.78 Å². The Morgan fingerprint density at radius 1 is 1.11 bits per heavy atom. The molecule has 0 atom stereocenters. The van der Waals surface area contributed by atoms with Gasteiger partial charge in [-0.05, 0) is 45.0 Å². The average molecular weight is 381 g/mol. The molecule has 1 aromatic rings.